The second-order valence-electron chi connectivity index (χ2n) is 3.36. The van der Waals surface area contributed by atoms with E-state index in [4.69, 9.17) is 22.3 Å². The molecule has 0 amide bonds. The van der Waals surface area contributed by atoms with Gasteiger partial charge in [0.05, 0.1) is 11.4 Å². The van der Waals surface area contributed by atoms with Gasteiger partial charge in [-0.15, -0.1) is 5.53 Å². The molecule has 0 saturated carbocycles. The van der Waals surface area contributed by atoms with E-state index >= 15 is 0 Å². The van der Waals surface area contributed by atoms with Gasteiger partial charge >= 0.3 is 0 Å². The second kappa shape index (κ2) is 5.69. The van der Waals surface area contributed by atoms with Gasteiger partial charge < -0.3 is 0 Å². The zero-order valence-corrected chi connectivity index (χ0v) is 10.3. The minimum absolute atomic E-state index is 0.612. The van der Waals surface area contributed by atoms with Crippen LogP contribution in [0, 0.1) is 22.9 Å². The molecule has 0 atom stereocenters. The number of rotatable bonds is 4. The minimum Gasteiger partial charge on any atom is -0.290 e. The van der Waals surface area contributed by atoms with Crippen molar-refractivity contribution < 1.29 is 0 Å². The van der Waals surface area contributed by atoms with Gasteiger partial charge in [0.15, 0.2) is 12.4 Å². The number of hydrazine groups is 3. The van der Waals surface area contributed by atoms with Crippen molar-refractivity contribution in [2.24, 2.45) is 0 Å². The standard InChI is InChI=1S/C10H9ClN8/c11-18-4-5-19(17-15-7-13)10-8(16-14-6-12)2-1-3-9(10)18/h1-5,14-17H. The number of benzene rings is 1. The molecule has 19 heavy (non-hydrogen) atoms. The Labute approximate surface area is 114 Å². The molecule has 8 nitrogen and oxygen atoms in total. The first-order chi connectivity index (χ1) is 9.27. The molecule has 0 aromatic heterocycles. The molecular formula is C10H9ClN8. The molecule has 4 N–H and O–H groups in total. The van der Waals surface area contributed by atoms with E-state index in [1.165, 1.54) is 4.42 Å². The van der Waals surface area contributed by atoms with Crippen LogP contribution in [0.1, 0.15) is 0 Å². The summed E-state index contributed by atoms with van der Waals surface area (Å²) in [6.45, 7) is 0. The Bertz CT molecular complexity index is 572. The Morgan fingerprint density at radius 2 is 1.89 bits per heavy atom. The van der Waals surface area contributed by atoms with Crippen LogP contribution in [0.5, 0.6) is 0 Å². The summed E-state index contributed by atoms with van der Waals surface area (Å²) in [5.41, 5.74) is 12.0. The maximum Gasteiger partial charge on any atom is 0.197 e. The van der Waals surface area contributed by atoms with Crippen LogP contribution in [-0.4, -0.2) is 0 Å². The van der Waals surface area contributed by atoms with Crippen molar-refractivity contribution in [1.82, 2.24) is 16.4 Å². The van der Waals surface area contributed by atoms with E-state index in [0.29, 0.717) is 17.1 Å². The molecule has 1 aliphatic rings. The van der Waals surface area contributed by atoms with Crippen LogP contribution in [-0.2, 0) is 0 Å². The van der Waals surface area contributed by atoms with Gasteiger partial charge in [-0.3, -0.25) is 14.9 Å². The van der Waals surface area contributed by atoms with Crippen molar-refractivity contribution in [2.75, 3.05) is 14.9 Å². The second-order valence-corrected chi connectivity index (χ2v) is 3.73. The highest BCUT2D eigenvalue weighted by Gasteiger charge is 2.21. The Morgan fingerprint density at radius 3 is 2.63 bits per heavy atom. The molecule has 9 heteroatoms. The fourth-order valence-electron chi connectivity index (χ4n) is 1.61. The van der Waals surface area contributed by atoms with Gasteiger partial charge in [0, 0.05) is 24.2 Å². The summed E-state index contributed by atoms with van der Waals surface area (Å²) in [5, 5.41) is 18.6. The van der Waals surface area contributed by atoms with Gasteiger partial charge in [0.25, 0.3) is 0 Å². The van der Waals surface area contributed by atoms with Crippen LogP contribution in [0.25, 0.3) is 0 Å². The fourth-order valence-corrected chi connectivity index (χ4v) is 1.80. The molecule has 1 heterocycles. The first kappa shape index (κ1) is 12.6. The van der Waals surface area contributed by atoms with Gasteiger partial charge in [0.2, 0.25) is 0 Å². The monoisotopic (exact) mass is 276 g/mol. The minimum atomic E-state index is 0.612. The van der Waals surface area contributed by atoms with Crippen molar-refractivity contribution in [1.29, 1.82) is 10.5 Å². The average Bonchev–Trinajstić information content (AvgIpc) is 2.44. The van der Waals surface area contributed by atoms with Gasteiger partial charge in [-0.2, -0.15) is 10.5 Å². The maximum absolute atomic E-state index is 8.53. The van der Waals surface area contributed by atoms with Crippen LogP contribution in [0.4, 0.5) is 17.1 Å². The number of nitrogens with one attached hydrogen (secondary N) is 4. The van der Waals surface area contributed by atoms with Crippen LogP contribution < -0.4 is 31.2 Å². The molecule has 1 aromatic rings. The van der Waals surface area contributed by atoms with Crippen LogP contribution in [0.3, 0.4) is 0 Å². The van der Waals surface area contributed by atoms with Crippen LogP contribution in [0.15, 0.2) is 30.6 Å². The molecule has 1 aromatic carbocycles. The lowest BCUT2D eigenvalue weighted by Crippen LogP contribution is -2.44. The highest BCUT2D eigenvalue weighted by Crippen LogP contribution is 2.39. The van der Waals surface area contributed by atoms with E-state index in [1.807, 2.05) is 0 Å². The summed E-state index contributed by atoms with van der Waals surface area (Å²) in [5.74, 6) is 0. The zero-order chi connectivity index (χ0) is 13.7. The van der Waals surface area contributed by atoms with Crippen molar-refractivity contribution in [3.63, 3.8) is 0 Å². The van der Waals surface area contributed by atoms with Gasteiger partial charge in [0.1, 0.15) is 5.69 Å². The van der Waals surface area contributed by atoms with Crippen molar-refractivity contribution in [3.05, 3.63) is 30.6 Å². The third kappa shape index (κ3) is 2.55. The van der Waals surface area contributed by atoms with Gasteiger partial charge in [-0.1, -0.05) is 6.07 Å². The van der Waals surface area contributed by atoms with Crippen molar-refractivity contribution >= 4 is 28.8 Å². The molecule has 96 valence electrons. The van der Waals surface area contributed by atoms with E-state index in [2.05, 4.69) is 21.8 Å². The predicted molar refractivity (Wildman–Crippen MR) is 70.6 cm³/mol. The van der Waals surface area contributed by atoms with Gasteiger partial charge in [-0.25, -0.2) is 10.9 Å². The Balaban J connectivity index is 2.38. The van der Waals surface area contributed by atoms with E-state index in [9.17, 15) is 0 Å². The van der Waals surface area contributed by atoms with E-state index in [0.717, 1.165) is 0 Å². The molecular weight excluding hydrogens is 268 g/mol. The molecule has 0 bridgehead atoms. The molecule has 1 aliphatic heterocycles. The SMILES string of the molecule is N#CNNc1cccc2c1N(NNC#N)C=CN2Cl. The summed E-state index contributed by atoms with van der Waals surface area (Å²) in [7, 11) is 0. The van der Waals surface area contributed by atoms with E-state index in [1.54, 1.807) is 48.0 Å². The number of para-hydroxylation sites is 1. The number of hydrogen-bond acceptors (Lipinski definition) is 8. The number of anilines is 3. The topological polar surface area (TPSA) is 102 Å². The molecule has 2 rings (SSSR count). The Kier molecular flexibility index (Phi) is 3.78. The van der Waals surface area contributed by atoms with E-state index < -0.39 is 0 Å². The maximum atomic E-state index is 8.53. The molecule has 0 radical (unpaired) electrons. The first-order valence-electron chi connectivity index (χ1n) is 5.13. The highest BCUT2D eigenvalue weighted by molar-refractivity contribution is 6.28. The number of hydrogen-bond donors (Lipinski definition) is 4. The molecule has 0 unspecified atom stereocenters. The van der Waals surface area contributed by atoms with E-state index in [-0.39, 0.29) is 0 Å². The Morgan fingerprint density at radius 1 is 1.11 bits per heavy atom. The number of fused-ring (bicyclic) bond motifs is 1. The summed E-state index contributed by atoms with van der Waals surface area (Å²) < 4.78 is 1.40. The number of nitrogens with zero attached hydrogens (tertiary/aromatic N) is 4. The summed E-state index contributed by atoms with van der Waals surface area (Å²) >= 11 is 6.05. The lowest BCUT2D eigenvalue weighted by Gasteiger charge is -2.31. The molecule has 0 aliphatic carbocycles. The van der Waals surface area contributed by atoms with Gasteiger partial charge in [-0.05, 0) is 12.1 Å². The summed E-state index contributed by atoms with van der Waals surface area (Å²) in [6, 6.07) is 5.34. The zero-order valence-electron chi connectivity index (χ0n) is 9.55. The molecule has 0 spiro atoms. The smallest absolute Gasteiger partial charge is 0.197 e. The number of nitriles is 2. The quantitative estimate of drug-likeness (QED) is 0.278. The fraction of sp³-hybridized carbons (Fsp3) is 0. The lowest BCUT2D eigenvalue weighted by molar-refractivity contribution is 0.642. The van der Waals surface area contributed by atoms with Crippen LogP contribution in [0.2, 0.25) is 0 Å². The average molecular weight is 277 g/mol. The summed E-state index contributed by atoms with van der Waals surface area (Å²) in [6.07, 6.45) is 6.74. The normalized spacial score (nSPS) is 12.2. The highest BCUT2D eigenvalue weighted by atomic mass is 35.5. The third-order valence-electron chi connectivity index (χ3n) is 2.32. The van der Waals surface area contributed by atoms with Crippen LogP contribution >= 0.6 is 11.8 Å². The van der Waals surface area contributed by atoms with Crippen molar-refractivity contribution in [3.8, 4) is 12.4 Å². The summed E-state index contributed by atoms with van der Waals surface area (Å²) in [4.78, 5) is 0. The Hall–Kier alpha value is -2.81. The molecule has 0 saturated heterocycles. The largest absolute Gasteiger partial charge is 0.290 e. The lowest BCUT2D eigenvalue weighted by atomic mass is 10.2. The van der Waals surface area contributed by atoms with Crippen molar-refractivity contribution in [2.45, 2.75) is 0 Å². The predicted octanol–water partition coefficient (Wildman–Crippen LogP) is 0.826. The third-order valence-corrected chi connectivity index (χ3v) is 2.61. The number of halogens is 1. The first-order valence-corrected chi connectivity index (χ1v) is 5.47. The molecule has 0 fully saturated rings.